The average molecular weight is 203 g/mol. The van der Waals surface area contributed by atoms with Gasteiger partial charge in [-0.05, 0) is 36.5 Å². The normalized spacial score (nSPS) is 12.5. The molecule has 0 saturated heterocycles. The third-order valence-corrected chi connectivity index (χ3v) is 2.44. The van der Waals surface area contributed by atoms with Crippen molar-refractivity contribution >= 4 is 0 Å². The van der Waals surface area contributed by atoms with Crippen LogP contribution in [0.2, 0.25) is 0 Å². The van der Waals surface area contributed by atoms with Crippen LogP contribution in [0.4, 0.5) is 0 Å². The largest absolute Gasteiger partial charge is 0.388 e. The zero-order chi connectivity index (χ0) is 11.3. The Morgan fingerprint density at radius 1 is 1.20 bits per heavy atom. The van der Waals surface area contributed by atoms with Gasteiger partial charge in [0.15, 0.2) is 0 Å². The summed E-state index contributed by atoms with van der Waals surface area (Å²) in [5.41, 5.74) is 1.53. The lowest BCUT2D eigenvalue weighted by atomic mass is 9.99. The minimum absolute atomic E-state index is 0.403. The van der Waals surface area contributed by atoms with Crippen molar-refractivity contribution in [2.75, 3.05) is 0 Å². The first kappa shape index (κ1) is 11.7. The Hall–Kier alpha value is -1.33. The maximum absolute atomic E-state index is 9.85. The lowest BCUT2D eigenvalue weighted by molar-refractivity contribution is 0.159. The summed E-state index contributed by atoms with van der Waals surface area (Å²) < 4.78 is 0. The van der Waals surface area contributed by atoms with Gasteiger partial charge in [0.2, 0.25) is 0 Å². The molecule has 1 aromatic rings. The molecule has 0 saturated carbocycles. The molecule has 2 heteroatoms. The van der Waals surface area contributed by atoms with Gasteiger partial charge in [0.1, 0.15) is 0 Å². The molecule has 2 nitrogen and oxygen atoms in total. The number of benzene rings is 1. The van der Waals surface area contributed by atoms with Crippen LogP contribution >= 0.6 is 0 Å². The molecule has 1 N–H and O–H groups in total. The first-order valence-electron chi connectivity index (χ1n) is 5.31. The van der Waals surface area contributed by atoms with E-state index in [4.69, 9.17) is 5.26 Å². The Labute approximate surface area is 91.2 Å². The third-order valence-electron chi connectivity index (χ3n) is 2.44. The molecule has 1 rings (SSSR count). The maximum Gasteiger partial charge on any atom is 0.0991 e. The van der Waals surface area contributed by atoms with Gasteiger partial charge in [-0.1, -0.05) is 26.0 Å². The van der Waals surface area contributed by atoms with E-state index < -0.39 is 6.10 Å². The van der Waals surface area contributed by atoms with Gasteiger partial charge in [-0.3, -0.25) is 0 Å². The fraction of sp³-hybridized carbons (Fsp3) is 0.462. The Kier molecular flexibility index (Phi) is 4.33. The summed E-state index contributed by atoms with van der Waals surface area (Å²) in [5, 5.41) is 18.5. The number of nitriles is 1. The van der Waals surface area contributed by atoms with Crippen molar-refractivity contribution in [1.29, 1.82) is 5.26 Å². The molecular formula is C13H17NO. The molecular weight excluding hydrogens is 186 g/mol. The van der Waals surface area contributed by atoms with E-state index in [1.54, 1.807) is 12.1 Å². The topological polar surface area (TPSA) is 44.0 Å². The van der Waals surface area contributed by atoms with Crippen molar-refractivity contribution in [1.82, 2.24) is 0 Å². The van der Waals surface area contributed by atoms with Gasteiger partial charge in [-0.2, -0.15) is 5.26 Å². The second kappa shape index (κ2) is 5.53. The summed E-state index contributed by atoms with van der Waals surface area (Å²) in [6, 6.07) is 9.20. The summed E-state index contributed by atoms with van der Waals surface area (Å²) >= 11 is 0. The number of hydrogen-bond acceptors (Lipinski definition) is 2. The molecule has 0 fully saturated rings. The molecule has 80 valence electrons. The van der Waals surface area contributed by atoms with E-state index >= 15 is 0 Å². The first-order chi connectivity index (χ1) is 7.13. The molecule has 0 radical (unpaired) electrons. The summed E-state index contributed by atoms with van der Waals surface area (Å²) in [5.74, 6) is 0.609. The smallest absolute Gasteiger partial charge is 0.0991 e. The lowest BCUT2D eigenvalue weighted by Crippen LogP contribution is -1.99. The van der Waals surface area contributed by atoms with Crippen molar-refractivity contribution in [2.45, 2.75) is 32.8 Å². The van der Waals surface area contributed by atoms with E-state index in [0.717, 1.165) is 18.4 Å². The van der Waals surface area contributed by atoms with E-state index in [9.17, 15) is 5.11 Å². The summed E-state index contributed by atoms with van der Waals surface area (Å²) in [7, 11) is 0. The van der Waals surface area contributed by atoms with Gasteiger partial charge in [0.05, 0.1) is 17.7 Å². The van der Waals surface area contributed by atoms with Gasteiger partial charge < -0.3 is 5.11 Å². The molecule has 0 aliphatic heterocycles. The van der Waals surface area contributed by atoms with Crippen LogP contribution in [-0.2, 0) is 0 Å². The van der Waals surface area contributed by atoms with Crippen molar-refractivity contribution < 1.29 is 5.11 Å². The fourth-order valence-electron chi connectivity index (χ4n) is 1.44. The van der Waals surface area contributed by atoms with E-state index in [1.807, 2.05) is 12.1 Å². The van der Waals surface area contributed by atoms with Gasteiger partial charge in [0.25, 0.3) is 0 Å². The highest BCUT2D eigenvalue weighted by Gasteiger charge is 2.07. The quantitative estimate of drug-likeness (QED) is 0.817. The highest BCUT2D eigenvalue weighted by molar-refractivity contribution is 5.32. The van der Waals surface area contributed by atoms with Crippen LogP contribution in [-0.4, -0.2) is 5.11 Å². The number of hydrogen-bond donors (Lipinski definition) is 1. The molecule has 0 aliphatic carbocycles. The molecule has 1 aromatic carbocycles. The van der Waals surface area contributed by atoms with Crippen LogP contribution in [0, 0.1) is 17.2 Å². The average Bonchev–Trinajstić information content (AvgIpc) is 2.26. The second-order valence-electron chi connectivity index (χ2n) is 4.22. The monoisotopic (exact) mass is 203 g/mol. The predicted octanol–water partition coefficient (Wildman–Crippen LogP) is 3.03. The van der Waals surface area contributed by atoms with Crippen molar-refractivity contribution in [3.8, 4) is 6.07 Å². The third kappa shape index (κ3) is 3.73. The predicted molar refractivity (Wildman–Crippen MR) is 60.2 cm³/mol. The fourth-order valence-corrected chi connectivity index (χ4v) is 1.44. The van der Waals surface area contributed by atoms with E-state index in [0.29, 0.717) is 11.5 Å². The van der Waals surface area contributed by atoms with E-state index in [1.165, 1.54) is 0 Å². The SMILES string of the molecule is CC(C)CCC(O)c1ccc(C#N)cc1. The zero-order valence-corrected chi connectivity index (χ0v) is 9.27. The van der Waals surface area contributed by atoms with E-state index in [-0.39, 0.29) is 0 Å². The number of nitrogens with zero attached hydrogens (tertiary/aromatic N) is 1. The maximum atomic E-state index is 9.85. The summed E-state index contributed by atoms with van der Waals surface area (Å²) in [6.07, 6.45) is 1.39. The Morgan fingerprint density at radius 2 is 1.80 bits per heavy atom. The molecule has 1 atom stereocenters. The van der Waals surface area contributed by atoms with Crippen LogP contribution < -0.4 is 0 Å². The standard InChI is InChI=1S/C13H17NO/c1-10(2)3-8-13(15)12-6-4-11(9-14)5-7-12/h4-7,10,13,15H,3,8H2,1-2H3. The highest BCUT2D eigenvalue weighted by Crippen LogP contribution is 2.20. The minimum Gasteiger partial charge on any atom is -0.388 e. The van der Waals surface area contributed by atoms with Crippen molar-refractivity contribution in [3.05, 3.63) is 35.4 Å². The summed E-state index contributed by atoms with van der Waals surface area (Å²) in [6.45, 7) is 4.29. The van der Waals surface area contributed by atoms with Crippen LogP contribution in [0.15, 0.2) is 24.3 Å². The zero-order valence-electron chi connectivity index (χ0n) is 9.27. The van der Waals surface area contributed by atoms with Gasteiger partial charge >= 0.3 is 0 Å². The van der Waals surface area contributed by atoms with Gasteiger partial charge in [-0.15, -0.1) is 0 Å². The molecule has 0 bridgehead atoms. The second-order valence-corrected chi connectivity index (χ2v) is 4.22. The molecule has 1 unspecified atom stereocenters. The number of aliphatic hydroxyl groups excluding tert-OH is 1. The van der Waals surface area contributed by atoms with Gasteiger partial charge in [0, 0.05) is 0 Å². The van der Waals surface area contributed by atoms with Crippen LogP contribution in [0.25, 0.3) is 0 Å². The van der Waals surface area contributed by atoms with Gasteiger partial charge in [-0.25, -0.2) is 0 Å². The Morgan fingerprint density at radius 3 is 2.27 bits per heavy atom. The van der Waals surface area contributed by atoms with Crippen molar-refractivity contribution in [3.63, 3.8) is 0 Å². The van der Waals surface area contributed by atoms with Crippen LogP contribution in [0.1, 0.15) is 43.9 Å². The highest BCUT2D eigenvalue weighted by atomic mass is 16.3. The molecule has 0 aromatic heterocycles. The minimum atomic E-state index is -0.403. The number of rotatable bonds is 4. The number of aliphatic hydroxyl groups is 1. The van der Waals surface area contributed by atoms with Crippen LogP contribution in [0.5, 0.6) is 0 Å². The summed E-state index contributed by atoms with van der Waals surface area (Å²) in [4.78, 5) is 0. The molecule has 0 amide bonds. The Balaban J connectivity index is 2.58. The molecule has 0 spiro atoms. The van der Waals surface area contributed by atoms with Crippen molar-refractivity contribution in [2.24, 2.45) is 5.92 Å². The molecule has 0 heterocycles. The Bertz CT molecular complexity index is 335. The first-order valence-corrected chi connectivity index (χ1v) is 5.31. The van der Waals surface area contributed by atoms with Crippen LogP contribution in [0.3, 0.4) is 0 Å². The lowest BCUT2D eigenvalue weighted by Gasteiger charge is -2.12. The molecule has 15 heavy (non-hydrogen) atoms. The van der Waals surface area contributed by atoms with E-state index in [2.05, 4.69) is 19.9 Å². The molecule has 0 aliphatic rings.